The zero-order valence-electron chi connectivity index (χ0n) is 10.4. The molecular formula is C15H22O. The van der Waals surface area contributed by atoms with Crippen molar-refractivity contribution in [1.82, 2.24) is 0 Å². The first-order valence-corrected chi connectivity index (χ1v) is 6.45. The summed E-state index contributed by atoms with van der Waals surface area (Å²) in [5.41, 5.74) is 2.80. The van der Waals surface area contributed by atoms with Gasteiger partial charge in [-0.3, -0.25) is 0 Å². The van der Waals surface area contributed by atoms with Crippen LogP contribution in [-0.2, 0) is 11.2 Å². The minimum atomic E-state index is 0.351. The maximum atomic E-state index is 6.07. The molecule has 1 aliphatic rings. The highest BCUT2D eigenvalue weighted by atomic mass is 16.5. The zero-order valence-corrected chi connectivity index (χ0v) is 10.4. The van der Waals surface area contributed by atoms with Gasteiger partial charge in [-0.25, -0.2) is 0 Å². The second-order valence-corrected chi connectivity index (χ2v) is 4.98. The van der Waals surface area contributed by atoms with E-state index >= 15 is 0 Å². The summed E-state index contributed by atoms with van der Waals surface area (Å²) in [7, 11) is 0. The van der Waals surface area contributed by atoms with Crippen LogP contribution in [0.2, 0.25) is 0 Å². The molecule has 2 rings (SSSR count). The van der Waals surface area contributed by atoms with Crippen LogP contribution in [0.3, 0.4) is 0 Å². The van der Waals surface area contributed by atoms with Gasteiger partial charge in [0.05, 0.1) is 12.2 Å². The molecule has 0 saturated heterocycles. The molecule has 1 heteroatoms. The Morgan fingerprint density at radius 3 is 2.62 bits per heavy atom. The fraction of sp³-hybridized carbons (Fsp3) is 0.600. The Balaban J connectivity index is 1.86. The number of ether oxygens (including phenoxy) is 1. The Morgan fingerprint density at radius 2 is 1.94 bits per heavy atom. The molecule has 88 valence electrons. The fourth-order valence-corrected chi connectivity index (χ4v) is 2.55. The largest absolute Gasteiger partial charge is 0.375 e. The van der Waals surface area contributed by atoms with Crippen molar-refractivity contribution in [3.63, 3.8) is 0 Å². The third-order valence-electron chi connectivity index (χ3n) is 3.50. The van der Waals surface area contributed by atoms with Gasteiger partial charge in [0, 0.05) is 0 Å². The minimum Gasteiger partial charge on any atom is -0.375 e. The molecule has 16 heavy (non-hydrogen) atoms. The lowest BCUT2D eigenvalue weighted by molar-refractivity contribution is 0.00280. The summed E-state index contributed by atoms with van der Waals surface area (Å²) in [6.07, 6.45) is 7.14. The predicted molar refractivity (Wildman–Crippen MR) is 67.7 cm³/mol. The van der Waals surface area contributed by atoms with E-state index in [1.54, 1.807) is 0 Å². The Bertz CT molecular complexity index is 326. The van der Waals surface area contributed by atoms with Crippen LogP contribution in [0.5, 0.6) is 0 Å². The van der Waals surface area contributed by atoms with Crippen molar-refractivity contribution >= 4 is 0 Å². The number of benzene rings is 1. The topological polar surface area (TPSA) is 9.23 Å². The van der Waals surface area contributed by atoms with E-state index in [1.165, 1.54) is 36.8 Å². The van der Waals surface area contributed by atoms with Gasteiger partial charge < -0.3 is 4.74 Å². The first-order chi connectivity index (χ1) is 7.75. The highest BCUT2D eigenvalue weighted by Crippen LogP contribution is 2.23. The van der Waals surface area contributed by atoms with Crippen molar-refractivity contribution in [3.05, 3.63) is 35.4 Å². The summed E-state index contributed by atoms with van der Waals surface area (Å²) in [6.45, 7) is 4.38. The molecule has 1 fully saturated rings. The van der Waals surface area contributed by atoms with Crippen LogP contribution in [0.4, 0.5) is 0 Å². The molecule has 1 aliphatic carbocycles. The van der Waals surface area contributed by atoms with Crippen LogP contribution in [0.25, 0.3) is 0 Å². The molecule has 0 spiro atoms. The fourth-order valence-electron chi connectivity index (χ4n) is 2.55. The zero-order chi connectivity index (χ0) is 11.4. The maximum Gasteiger partial charge on any atom is 0.0591 e. The summed E-state index contributed by atoms with van der Waals surface area (Å²) in [5, 5.41) is 0. The van der Waals surface area contributed by atoms with Crippen LogP contribution < -0.4 is 0 Å². The lowest BCUT2D eigenvalue weighted by atomic mass is 10.0. The number of hydrogen-bond acceptors (Lipinski definition) is 1. The molecule has 0 N–H and O–H groups in total. The van der Waals surface area contributed by atoms with Gasteiger partial charge in [0.15, 0.2) is 0 Å². The van der Waals surface area contributed by atoms with Crippen LogP contribution in [0, 0.1) is 6.92 Å². The molecule has 0 aromatic heterocycles. The molecule has 1 aromatic rings. The standard InChI is InChI=1S/C15H22O/c1-12-7-3-4-8-14(12)11-13(2)16-15-9-5-6-10-15/h3-4,7-8,13,15H,5-6,9-11H2,1-2H3. The Kier molecular flexibility index (Phi) is 4.00. The lowest BCUT2D eigenvalue weighted by Gasteiger charge is -2.19. The van der Waals surface area contributed by atoms with Gasteiger partial charge in [-0.1, -0.05) is 37.1 Å². The maximum absolute atomic E-state index is 6.07. The first-order valence-electron chi connectivity index (χ1n) is 6.45. The van der Waals surface area contributed by atoms with Crippen LogP contribution in [0.1, 0.15) is 43.7 Å². The summed E-state index contributed by atoms with van der Waals surface area (Å²) >= 11 is 0. The minimum absolute atomic E-state index is 0.351. The smallest absolute Gasteiger partial charge is 0.0591 e. The molecule has 0 heterocycles. The second-order valence-electron chi connectivity index (χ2n) is 4.98. The van der Waals surface area contributed by atoms with Crippen molar-refractivity contribution in [2.24, 2.45) is 0 Å². The van der Waals surface area contributed by atoms with Crippen LogP contribution >= 0.6 is 0 Å². The van der Waals surface area contributed by atoms with E-state index in [0.29, 0.717) is 12.2 Å². The average Bonchev–Trinajstić information content (AvgIpc) is 2.74. The molecule has 0 bridgehead atoms. The van der Waals surface area contributed by atoms with Gasteiger partial charge in [-0.15, -0.1) is 0 Å². The lowest BCUT2D eigenvalue weighted by Crippen LogP contribution is -2.19. The summed E-state index contributed by atoms with van der Waals surface area (Å²) in [4.78, 5) is 0. The van der Waals surface area contributed by atoms with E-state index in [4.69, 9.17) is 4.74 Å². The molecule has 1 atom stereocenters. The third kappa shape index (κ3) is 3.08. The van der Waals surface area contributed by atoms with Gasteiger partial charge in [0.25, 0.3) is 0 Å². The van der Waals surface area contributed by atoms with Gasteiger partial charge >= 0.3 is 0 Å². The highest BCUT2D eigenvalue weighted by Gasteiger charge is 2.18. The van der Waals surface area contributed by atoms with Gasteiger partial charge in [-0.2, -0.15) is 0 Å². The van der Waals surface area contributed by atoms with Crippen molar-refractivity contribution in [3.8, 4) is 0 Å². The monoisotopic (exact) mass is 218 g/mol. The first kappa shape index (κ1) is 11.7. The Labute approximate surface area is 98.8 Å². The van der Waals surface area contributed by atoms with E-state index in [0.717, 1.165) is 6.42 Å². The van der Waals surface area contributed by atoms with E-state index in [1.807, 2.05) is 0 Å². The van der Waals surface area contributed by atoms with Crippen molar-refractivity contribution in [2.75, 3.05) is 0 Å². The van der Waals surface area contributed by atoms with E-state index in [-0.39, 0.29) is 0 Å². The average molecular weight is 218 g/mol. The normalized spacial score (nSPS) is 18.9. The van der Waals surface area contributed by atoms with E-state index in [9.17, 15) is 0 Å². The number of hydrogen-bond donors (Lipinski definition) is 0. The molecule has 0 amide bonds. The van der Waals surface area contributed by atoms with Crippen molar-refractivity contribution in [1.29, 1.82) is 0 Å². The summed E-state index contributed by atoms with van der Waals surface area (Å²) in [5.74, 6) is 0. The van der Waals surface area contributed by atoms with Gasteiger partial charge in [0.1, 0.15) is 0 Å². The van der Waals surface area contributed by atoms with Gasteiger partial charge in [-0.05, 0) is 44.2 Å². The van der Waals surface area contributed by atoms with Crippen LogP contribution in [-0.4, -0.2) is 12.2 Å². The van der Waals surface area contributed by atoms with E-state index < -0.39 is 0 Å². The Hall–Kier alpha value is -0.820. The molecule has 1 saturated carbocycles. The number of aryl methyl sites for hydroxylation is 1. The number of rotatable bonds is 4. The molecule has 1 nitrogen and oxygen atoms in total. The predicted octanol–water partition coefficient (Wildman–Crippen LogP) is 3.89. The summed E-state index contributed by atoms with van der Waals surface area (Å²) in [6, 6.07) is 8.60. The van der Waals surface area contributed by atoms with Gasteiger partial charge in [0.2, 0.25) is 0 Å². The Morgan fingerprint density at radius 1 is 1.25 bits per heavy atom. The molecule has 1 aromatic carbocycles. The molecule has 0 radical (unpaired) electrons. The van der Waals surface area contributed by atoms with Crippen molar-refractivity contribution in [2.45, 2.75) is 58.2 Å². The van der Waals surface area contributed by atoms with Crippen molar-refractivity contribution < 1.29 is 4.74 Å². The van der Waals surface area contributed by atoms with E-state index in [2.05, 4.69) is 38.1 Å². The highest BCUT2D eigenvalue weighted by molar-refractivity contribution is 5.25. The molecule has 1 unspecified atom stereocenters. The third-order valence-corrected chi connectivity index (χ3v) is 3.50. The van der Waals surface area contributed by atoms with Crippen LogP contribution in [0.15, 0.2) is 24.3 Å². The SMILES string of the molecule is Cc1ccccc1CC(C)OC1CCCC1. The second kappa shape index (κ2) is 5.49. The summed E-state index contributed by atoms with van der Waals surface area (Å²) < 4.78 is 6.07. The quantitative estimate of drug-likeness (QED) is 0.745. The molecular weight excluding hydrogens is 196 g/mol. The molecule has 0 aliphatic heterocycles.